The van der Waals surface area contributed by atoms with Crippen molar-refractivity contribution in [2.24, 2.45) is 0 Å². The first-order chi connectivity index (χ1) is 12.1. The van der Waals surface area contributed by atoms with Crippen LogP contribution in [0.15, 0.2) is 57.5 Å². The van der Waals surface area contributed by atoms with Crippen LogP contribution in [-0.2, 0) is 11.2 Å². The third-order valence-corrected chi connectivity index (χ3v) is 4.04. The SMILES string of the molecule is COc1ccc(NC(=O)CCc2nc(-c3ccc(Br)cc3)no2)cc1. The molecule has 1 heterocycles. The summed E-state index contributed by atoms with van der Waals surface area (Å²) in [5, 5.41) is 6.77. The van der Waals surface area contributed by atoms with Gasteiger partial charge in [0, 0.05) is 28.6 Å². The summed E-state index contributed by atoms with van der Waals surface area (Å²) in [7, 11) is 1.60. The van der Waals surface area contributed by atoms with Gasteiger partial charge in [-0.3, -0.25) is 4.79 Å². The monoisotopic (exact) mass is 401 g/mol. The van der Waals surface area contributed by atoms with Gasteiger partial charge < -0.3 is 14.6 Å². The van der Waals surface area contributed by atoms with Crippen molar-refractivity contribution >= 4 is 27.5 Å². The third kappa shape index (κ3) is 4.67. The zero-order valence-electron chi connectivity index (χ0n) is 13.5. The maximum Gasteiger partial charge on any atom is 0.227 e. The Hall–Kier alpha value is -2.67. The molecule has 0 bridgehead atoms. The molecule has 3 aromatic rings. The lowest BCUT2D eigenvalue weighted by Gasteiger charge is -2.05. The number of aromatic nitrogens is 2. The molecule has 3 rings (SSSR count). The molecule has 0 radical (unpaired) electrons. The number of halogens is 1. The summed E-state index contributed by atoms with van der Waals surface area (Å²) in [5.41, 5.74) is 1.58. The molecule has 1 amide bonds. The molecule has 2 aromatic carbocycles. The Labute approximate surface area is 153 Å². The zero-order chi connectivity index (χ0) is 17.6. The minimum Gasteiger partial charge on any atom is -0.497 e. The van der Waals surface area contributed by atoms with Crippen LogP contribution in [0.5, 0.6) is 5.75 Å². The van der Waals surface area contributed by atoms with Crippen LogP contribution in [-0.4, -0.2) is 23.2 Å². The van der Waals surface area contributed by atoms with Gasteiger partial charge in [0.1, 0.15) is 5.75 Å². The number of ether oxygens (including phenoxy) is 1. The molecule has 1 N–H and O–H groups in total. The van der Waals surface area contributed by atoms with E-state index in [2.05, 4.69) is 31.4 Å². The van der Waals surface area contributed by atoms with Crippen molar-refractivity contribution in [1.29, 1.82) is 0 Å². The van der Waals surface area contributed by atoms with Gasteiger partial charge >= 0.3 is 0 Å². The second kappa shape index (κ2) is 7.94. The van der Waals surface area contributed by atoms with Gasteiger partial charge in [0.25, 0.3) is 0 Å². The molecule has 0 saturated heterocycles. The fraction of sp³-hybridized carbons (Fsp3) is 0.167. The van der Waals surface area contributed by atoms with Crippen LogP contribution in [0.3, 0.4) is 0 Å². The number of carbonyl (C=O) groups excluding carboxylic acids is 1. The summed E-state index contributed by atoms with van der Waals surface area (Å²) >= 11 is 3.38. The minimum absolute atomic E-state index is 0.117. The summed E-state index contributed by atoms with van der Waals surface area (Å²) in [6.45, 7) is 0. The van der Waals surface area contributed by atoms with Crippen molar-refractivity contribution in [2.45, 2.75) is 12.8 Å². The number of anilines is 1. The Morgan fingerprint density at radius 3 is 2.56 bits per heavy atom. The molecule has 0 aliphatic rings. The van der Waals surface area contributed by atoms with Crippen molar-refractivity contribution < 1.29 is 14.1 Å². The summed E-state index contributed by atoms with van der Waals surface area (Å²) in [4.78, 5) is 16.3. The molecule has 0 aliphatic heterocycles. The molecular formula is C18H16BrN3O3. The molecule has 0 saturated carbocycles. The highest BCUT2D eigenvalue weighted by molar-refractivity contribution is 9.10. The highest BCUT2D eigenvalue weighted by atomic mass is 79.9. The quantitative estimate of drug-likeness (QED) is 0.673. The van der Waals surface area contributed by atoms with Crippen LogP contribution in [0, 0.1) is 0 Å². The molecule has 6 nitrogen and oxygen atoms in total. The van der Waals surface area contributed by atoms with Crippen molar-refractivity contribution in [2.75, 3.05) is 12.4 Å². The van der Waals surface area contributed by atoms with Gasteiger partial charge in [0.15, 0.2) is 0 Å². The van der Waals surface area contributed by atoms with E-state index in [0.717, 1.165) is 15.8 Å². The van der Waals surface area contributed by atoms with Gasteiger partial charge in [-0.15, -0.1) is 0 Å². The van der Waals surface area contributed by atoms with E-state index >= 15 is 0 Å². The van der Waals surface area contributed by atoms with Crippen LogP contribution in [0.2, 0.25) is 0 Å². The number of amides is 1. The maximum absolute atomic E-state index is 12.0. The number of nitrogens with one attached hydrogen (secondary N) is 1. The van der Waals surface area contributed by atoms with Gasteiger partial charge in [0.2, 0.25) is 17.6 Å². The standard InChI is InChI=1S/C18H16BrN3O3/c1-24-15-8-6-14(7-9-15)20-16(23)10-11-17-21-18(22-25-17)12-2-4-13(19)5-3-12/h2-9H,10-11H2,1H3,(H,20,23). The van der Waals surface area contributed by atoms with Crippen LogP contribution in [0.25, 0.3) is 11.4 Å². The molecule has 0 unspecified atom stereocenters. The smallest absolute Gasteiger partial charge is 0.227 e. The van der Waals surface area contributed by atoms with Crippen LogP contribution in [0.1, 0.15) is 12.3 Å². The largest absolute Gasteiger partial charge is 0.497 e. The first-order valence-electron chi connectivity index (χ1n) is 7.66. The lowest BCUT2D eigenvalue weighted by molar-refractivity contribution is -0.116. The number of carbonyl (C=O) groups is 1. The van der Waals surface area contributed by atoms with Crippen molar-refractivity contribution in [3.63, 3.8) is 0 Å². The number of rotatable bonds is 6. The molecule has 0 atom stereocenters. The van der Waals surface area contributed by atoms with Crippen molar-refractivity contribution in [3.8, 4) is 17.1 Å². The lowest BCUT2D eigenvalue weighted by Crippen LogP contribution is -2.12. The third-order valence-electron chi connectivity index (χ3n) is 3.51. The van der Waals surface area contributed by atoms with E-state index in [0.29, 0.717) is 23.8 Å². The molecular weight excluding hydrogens is 386 g/mol. The van der Waals surface area contributed by atoms with Crippen LogP contribution < -0.4 is 10.1 Å². The van der Waals surface area contributed by atoms with Crippen LogP contribution >= 0.6 is 15.9 Å². The fourth-order valence-corrected chi connectivity index (χ4v) is 2.46. The van der Waals surface area contributed by atoms with Gasteiger partial charge in [0.05, 0.1) is 7.11 Å². The Morgan fingerprint density at radius 2 is 1.88 bits per heavy atom. The normalized spacial score (nSPS) is 10.5. The molecule has 0 aliphatic carbocycles. The molecule has 7 heteroatoms. The topological polar surface area (TPSA) is 77.2 Å². The number of nitrogens with zero attached hydrogens (tertiary/aromatic N) is 2. The van der Waals surface area contributed by atoms with Gasteiger partial charge in [-0.1, -0.05) is 21.1 Å². The number of hydrogen-bond acceptors (Lipinski definition) is 5. The van der Waals surface area contributed by atoms with E-state index in [9.17, 15) is 4.79 Å². The predicted octanol–water partition coefficient (Wildman–Crippen LogP) is 4.08. The molecule has 128 valence electrons. The van der Waals surface area contributed by atoms with Crippen molar-refractivity contribution in [1.82, 2.24) is 10.1 Å². The fourth-order valence-electron chi connectivity index (χ4n) is 2.19. The molecule has 1 aromatic heterocycles. The lowest BCUT2D eigenvalue weighted by atomic mass is 10.2. The maximum atomic E-state index is 12.0. The molecule has 0 fully saturated rings. The van der Waals surface area contributed by atoms with Crippen molar-refractivity contribution in [3.05, 3.63) is 58.9 Å². The summed E-state index contributed by atoms with van der Waals surface area (Å²) < 4.78 is 11.3. The van der Waals surface area contributed by atoms with Gasteiger partial charge in [-0.25, -0.2) is 0 Å². The second-order valence-corrected chi connectivity index (χ2v) is 6.21. The van der Waals surface area contributed by atoms with E-state index < -0.39 is 0 Å². The van der Waals surface area contributed by atoms with E-state index in [-0.39, 0.29) is 12.3 Å². The van der Waals surface area contributed by atoms with E-state index in [1.54, 1.807) is 31.4 Å². The molecule has 0 spiro atoms. The van der Waals surface area contributed by atoms with Crippen LogP contribution in [0.4, 0.5) is 5.69 Å². The Kier molecular flexibility index (Phi) is 5.45. The van der Waals surface area contributed by atoms with Gasteiger partial charge in [-0.05, 0) is 48.5 Å². The summed E-state index contributed by atoms with van der Waals surface area (Å²) in [6.07, 6.45) is 0.638. The summed E-state index contributed by atoms with van der Waals surface area (Å²) in [5.74, 6) is 1.57. The Morgan fingerprint density at radius 1 is 1.16 bits per heavy atom. The number of hydrogen-bond donors (Lipinski definition) is 1. The highest BCUT2D eigenvalue weighted by Gasteiger charge is 2.11. The predicted molar refractivity (Wildman–Crippen MR) is 97.4 cm³/mol. The molecule has 25 heavy (non-hydrogen) atoms. The number of aryl methyl sites for hydroxylation is 1. The summed E-state index contributed by atoms with van der Waals surface area (Å²) in [6, 6.07) is 14.8. The second-order valence-electron chi connectivity index (χ2n) is 5.30. The van der Waals surface area contributed by atoms with Gasteiger partial charge in [-0.2, -0.15) is 4.98 Å². The first-order valence-corrected chi connectivity index (χ1v) is 8.46. The van der Waals surface area contributed by atoms with E-state index in [4.69, 9.17) is 9.26 Å². The average Bonchev–Trinajstić information content (AvgIpc) is 3.10. The highest BCUT2D eigenvalue weighted by Crippen LogP contribution is 2.19. The van der Waals surface area contributed by atoms with E-state index in [1.165, 1.54) is 0 Å². The zero-order valence-corrected chi connectivity index (χ0v) is 15.1. The Bertz CT molecular complexity index is 845. The Balaban J connectivity index is 1.54. The minimum atomic E-state index is -0.117. The average molecular weight is 402 g/mol. The van der Waals surface area contributed by atoms with E-state index in [1.807, 2.05) is 24.3 Å². The number of methoxy groups -OCH3 is 1. The number of benzene rings is 2. The first kappa shape index (κ1) is 17.2.